The van der Waals surface area contributed by atoms with E-state index in [2.05, 4.69) is 0 Å². The summed E-state index contributed by atoms with van der Waals surface area (Å²) in [5.41, 5.74) is 0. The van der Waals surface area contributed by atoms with Crippen LogP contribution in [0.15, 0.2) is 0 Å². The van der Waals surface area contributed by atoms with Crippen LogP contribution in [0.25, 0.3) is 0 Å². The molecule has 2 saturated heterocycles. The second-order valence-electron chi connectivity index (χ2n) is 3.06. The average molecular weight is 176 g/mol. The van der Waals surface area contributed by atoms with E-state index in [4.69, 9.17) is 14.2 Å². The van der Waals surface area contributed by atoms with Crippen LogP contribution in [0.3, 0.4) is 0 Å². The molecule has 5 heteroatoms. The highest BCUT2D eigenvalue weighted by molar-refractivity contribution is 4.94. The van der Waals surface area contributed by atoms with E-state index in [0.29, 0.717) is 6.61 Å². The fourth-order valence-corrected chi connectivity index (χ4v) is 1.64. The van der Waals surface area contributed by atoms with Gasteiger partial charge in [0.25, 0.3) is 0 Å². The maximum atomic E-state index is 9.49. The van der Waals surface area contributed by atoms with Gasteiger partial charge < -0.3 is 24.4 Å². The van der Waals surface area contributed by atoms with E-state index >= 15 is 0 Å². The van der Waals surface area contributed by atoms with Crippen molar-refractivity contribution >= 4 is 0 Å². The topological polar surface area (TPSA) is 68.2 Å². The summed E-state index contributed by atoms with van der Waals surface area (Å²) in [5.74, 6) is 0. The minimum absolute atomic E-state index is 0.322. The molecule has 0 radical (unpaired) electrons. The molecule has 0 saturated carbocycles. The maximum absolute atomic E-state index is 9.49. The highest BCUT2D eigenvalue weighted by Crippen LogP contribution is 2.29. The maximum Gasteiger partial charge on any atom is 0.186 e. The van der Waals surface area contributed by atoms with Crippen LogP contribution in [0.1, 0.15) is 0 Å². The molecule has 2 bridgehead atoms. The van der Waals surface area contributed by atoms with Crippen LogP contribution >= 0.6 is 0 Å². The van der Waals surface area contributed by atoms with Gasteiger partial charge in [0.2, 0.25) is 0 Å². The molecule has 1 unspecified atom stereocenters. The van der Waals surface area contributed by atoms with E-state index in [-0.39, 0.29) is 6.10 Å². The van der Waals surface area contributed by atoms with Crippen LogP contribution in [0.5, 0.6) is 0 Å². The van der Waals surface area contributed by atoms with E-state index in [1.165, 1.54) is 7.11 Å². The summed E-state index contributed by atoms with van der Waals surface area (Å²) in [6.45, 7) is 0.322. The fraction of sp³-hybridized carbons (Fsp3) is 1.00. The molecule has 0 aliphatic carbocycles. The lowest BCUT2D eigenvalue weighted by Crippen LogP contribution is -2.53. The third-order valence-electron chi connectivity index (χ3n) is 2.33. The van der Waals surface area contributed by atoms with Crippen molar-refractivity contribution in [2.75, 3.05) is 13.7 Å². The Kier molecular flexibility index (Phi) is 2.05. The van der Waals surface area contributed by atoms with Crippen molar-refractivity contribution in [2.45, 2.75) is 30.7 Å². The lowest BCUT2D eigenvalue weighted by Gasteiger charge is -2.33. The number of ether oxygens (including phenoxy) is 3. The third kappa shape index (κ3) is 1.06. The number of fused-ring (bicyclic) bond motifs is 2. The van der Waals surface area contributed by atoms with E-state index in [1.807, 2.05) is 0 Å². The Hall–Kier alpha value is -0.200. The molecule has 0 aromatic heterocycles. The molecule has 0 amide bonds. The molecule has 2 fully saturated rings. The zero-order valence-corrected chi connectivity index (χ0v) is 6.71. The van der Waals surface area contributed by atoms with Crippen molar-refractivity contribution in [3.63, 3.8) is 0 Å². The third-order valence-corrected chi connectivity index (χ3v) is 2.33. The number of aliphatic hydroxyl groups is 2. The number of hydrogen-bond acceptors (Lipinski definition) is 5. The number of methoxy groups -OCH3 is 1. The SMILES string of the molecule is CO[C@@H]1O[C@@H]2CO[C@@H](C2O)[C@H]1O. The number of rotatable bonds is 1. The highest BCUT2D eigenvalue weighted by Gasteiger charge is 2.50. The Balaban J connectivity index is 2.12. The van der Waals surface area contributed by atoms with Crippen molar-refractivity contribution < 1.29 is 24.4 Å². The molecule has 2 rings (SSSR count). The van der Waals surface area contributed by atoms with Gasteiger partial charge in [-0.1, -0.05) is 0 Å². The molecule has 0 aromatic carbocycles. The van der Waals surface area contributed by atoms with Crippen molar-refractivity contribution in [1.29, 1.82) is 0 Å². The zero-order valence-electron chi connectivity index (χ0n) is 6.71. The standard InChI is InChI=1S/C7H12O5/c1-10-7-5(9)6-4(8)3(12-7)2-11-6/h3-9H,2H2,1H3/t3-,4?,5-,6+,7-/m1/s1. The van der Waals surface area contributed by atoms with Crippen molar-refractivity contribution in [2.24, 2.45) is 0 Å². The summed E-state index contributed by atoms with van der Waals surface area (Å²) in [7, 11) is 1.45. The van der Waals surface area contributed by atoms with Crippen LogP contribution in [-0.2, 0) is 14.2 Å². The van der Waals surface area contributed by atoms with Crippen LogP contribution in [-0.4, -0.2) is 54.6 Å². The van der Waals surface area contributed by atoms with Gasteiger partial charge in [-0.15, -0.1) is 0 Å². The molecule has 2 aliphatic heterocycles. The van der Waals surface area contributed by atoms with Crippen LogP contribution in [0, 0.1) is 0 Å². The van der Waals surface area contributed by atoms with Crippen molar-refractivity contribution in [3.05, 3.63) is 0 Å². The first-order valence-electron chi connectivity index (χ1n) is 3.90. The normalized spacial score (nSPS) is 52.8. The molecule has 12 heavy (non-hydrogen) atoms. The molecule has 70 valence electrons. The van der Waals surface area contributed by atoms with E-state index in [1.54, 1.807) is 0 Å². The Morgan fingerprint density at radius 3 is 2.75 bits per heavy atom. The summed E-state index contributed by atoms with van der Waals surface area (Å²) in [6, 6.07) is 0. The highest BCUT2D eigenvalue weighted by atomic mass is 16.7. The smallest absolute Gasteiger partial charge is 0.186 e. The van der Waals surface area contributed by atoms with Crippen molar-refractivity contribution in [3.8, 4) is 0 Å². The van der Waals surface area contributed by atoms with Gasteiger partial charge in [-0.3, -0.25) is 0 Å². The molecule has 5 nitrogen and oxygen atoms in total. The summed E-state index contributed by atoms with van der Waals surface area (Å²) in [6.07, 6.45) is -3.22. The quantitative estimate of drug-likeness (QED) is 0.507. The van der Waals surface area contributed by atoms with Gasteiger partial charge in [0.15, 0.2) is 6.29 Å². The predicted molar refractivity (Wildman–Crippen MR) is 37.4 cm³/mol. The van der Waals surface area contributed by atoms with Gasteiger partial charge in [-0.2, -0.15) is 0 Å². The van der Waals surface area contributed by atoms with Crippen molar-refractivity contribution in [1.82, 2.24) is 0 Å². The zero-order chi connectivity index (χ0) is 8.72. The first kappa shape index (κ1) is 8.40. The summed E-state index contributed by atoms with van der Waals surface area (Å²) < 4.78 is 15.2. The fourth-order valence-electron chi connectivity index (χ4n) is 1.64. The van der Waals surface area contributed by atoms with E-state index in [0.717, 1.165) is 0 Å². The van der Waals surface area contributed by atoms with Gasteiger partial charge in [-0.25, -0.2) is 0 Å². The van der Waals surface area contributed by atoms with Crippen LogP contribution < -0.4 is 0 Å². The van der Waals surface area contributed by atoms with E-state index in [9.17, 15) is 10.2 Å². The summed E-state index contributed by atoms with van der Waals surface area (Å²) in [4.78, 5) is 0. The number of hydrogen-bond donors (Lipinski definition) is 2. The van der Waals surface area contributed by atoms with Gasteiger partial charge in [0.1, 0.15) is 24.4 Å². The predicted octanol–water partition coefficient (Wildman–Crippen LogP) is -1.52. The van der Waals surface area contributed by atoms with Crippen LogP contribution in [0.2, 0.25) is 0 Å². The minimum atomic E-state index is -0.899. The monoisotopic (exact) mass is 176 g/mol. The second kappa shape index (κ2) is 2.93. The van der Waals surface area contributed by atoms with Gasteiger partial charge >= 0.3 is 0 Å². The molecular weight excluding hydrogens is 164 g/mol. The molecule has 0 spiro atoms. The first-order valence-corrected chi connectivity index (χ1v) is 3.90. The first-order chi connectivity index (χ1) is 5.74. The Labute approximate surface area is 69.8 Å². The second-order valence-corrected chi connectivity index (χ2v) is 3.06. The van der Waals surface area contributed by atoms with Gasteiger partial charge in [-0.05, 0) is 0 Å². The molecule has 0 aromatic rings. The Morgan fingerprint density at radius 2 is 2.08 bits per heavy atom. The summed E-state index contributed by atoms with van der Waals surface area (Å²) >= 11 is 0. The molecule has 2 heterocycles. The Morgan fingerprint density at radius 1 is 1.33 bits per heavy atom. The molecular formula is C7H12O5. The minimum Gasteiger partial charge on any atom is -0.387 e. The van der Waals surface area contributed by atoms with E-state index < -0.39 is 24.6 Å². The average Bonchev–Trinajstić information content (AvgIpc) is 2.31. The lowest BCUT2D eigenvalue weighted by molar-refractivity contribution is -0.253. The molecule has 2 N–H and O–H groups in total. The molecule has 2 aliphatic rings. The van der Waals surface area contributed by atoms with Gasteiger partial charge in [0.05, 0.1) is 6.61 Å². The van der Waals surface area contributed by atoms with Crippen LogP contribution in [0.4, 0.5) is 0 Å². The lowest BCUT2D eigenvalue weighted by atomic mass is 10.0. The largest absolute Gasteiger partial charge is 0.387 e. The van der Waals surface area contributed by atoms with Gasteiger partial charge in [0, 0.05) is 7.11 Å². The number of aliphatic hydroxyl groups excluding tert-OH is 2. The molecule has 5 atom stereocenters. The summed E-state index contributed by atoms with van der Waals surface area (Å²) in [5, 5.41) is 18.9. The Bertz CT molecular complexity index is 173.